The molecular formula is C29H31FN2O4S. The molecule has 1 aromatic heterocycles. The minimum atomic E-state index is -0.437. The summed E-state index contributed by atoms with van der Waals surface area (Å²) in [6.07, 6.45) is 2.49. The maximum atomic E-state index is 14.2. The first-order valence-corrected chi connectivity index (χ1v) is 13.6. The van der Waals surface area contributed by atoms with Crippen molar-refractivity contribution in [2.45, 2.75) is 38.3 Å². The predicted octanol–water partition coefficient (Wildman–Crippen LogP) is 5.02. The summed E-state index contributed by atoms with van der Waals surface area (Å²) in [6, 6.07) is 15.3. The topological polar surface area (TPSA) is 59.1 Å². The number of para-hydroxylation sites is 1. The third-order valence-electron chi connectivity index (χ3n) is 7.01. The van der Waals surface area contributed by atoms with Gasteiger partial charge in [0, 0.05) is 30.1 Å². The van der Waals surface area contributed by atoms with Gasteiger partial charge in [0.15, 0.2) is 11.6 Å². The fraction of sp³-hybridized carbons (Fsp3) is 0.379. The molecule has 194 valence electrons. The van der Waals surface area contributed by atoms with Crippen molar-refractivity contribution in [1.29, 1.82) is 0 Å². The van der Waals surface area contributed by atoms with E-state index in [-0.39, 0.29) is 42.9 Å². The Kier molecular flexibility index (Phi) is 7.86. The van der Waals surface area contributed by atoms with Crippen molar-refractivity contribution in [3.05, 3.63) is 87.4 Å². The van der Waals surface area contributed by atoms with Crippen molar-refractivity contribution in [2.75, 3.05) is 32.8 Å². The fourth-order valence-corrected chi connectivity index (χ4v) is 5.92. The highest BCUT2D eigenvalue weighted by molar-refractivity contribution is 7.10. The number of carbonyl (C=O) groups is 2. The van der Waals surface area contributed by atoms with Crippen LogP contribution in [0.1, 0.15) is 45.2 Å². The fourth-order valence-electron chi connectivity index (χ4n) is 4.99. The highest BCUT2D eigenvalue weighted by Crippen LogP contribution is 2.34. The third-order valence-corrected chi connectivity index (χ3v) is 8.00. The standard InChI is InChI=1S/C29H31FN2O4S/c1-20-8-10-21(11-9-20)29(34)31(17-22-5-4-15-35-22)18-28(33)32-14-12-27-23(13-16-37-27)25(32)19-36-26-7-3-2-6-24(26)30/h2-3,6-11,13,16,22,25H,4-5,12,14-15,17-19H2,1H3. The first-order valence-electron chi connectivity index (χ1n) is 12.7. The first-order chi connectivity index (χ1) is 18.0. The normalized spacial score (nSPS) is 18.9. The van der Waals surface area contributed by atoms with E-state index in [9.17, 15) is 14.0 Å². The Labute approximate surface area is 220 Å². The molecule has 2 atom stereocenters. The molecule has 2 aliphatic heterocycles. The predicted molar refractivity (Wildman–Crippen MR) is 140 cm³/mol. The Morgan fingerprint density at radius 1 is 1.16 bits per heavy atom. The molecule has 2 aromatic carbocycles. The van der Waals surface area contributed by atoms with Gasteiger partial charge < -0.3 is 19.3 Å². The second-order valence-electron chi connectivity index (χ2n) is 9.58. The summed E-state index contributed by atoms with van der Waals surface area (Å²) < 4.78 is 25.9. The van der Waals surface area contributed by atoms with Crippen LogP contribution in [0.4, 0.5) is 4.39 Å². The molecule has 0 saturated carbocycles. The minimum absolute atomic E-state index is 0.0533. The molecule has 0 spiro atoms. The molecular weight excluding hydrogens is 491 g/mol. The van der Waals surface area contributed by atoms with E-state index in [2.05, 4.69) is 0 Å². The second-order valence-corrected chi connectivity index (χ2v) is 10.6. The lowest BCUT2D eigenvalue weighted by Gasteiger charge is -2.37. The molecule has 1 fully saturated rings. The van der Waals surface area contributed by atoms with Crippen LogP contribution in [-0.4, -0.2) is 60.6 Å². The monoisotopic (exact) mass is 522 g/mol. The van der Waals surface area contributed by atoms with Crippen molar-refractivity contribution in [3.8, 4) is 5.75 Å². The highest BCUT2D eigenvalue weighted by Gasteiger charge is 2.34. The number of carbonyl (C=O) groups excluding carboxylic acids is 2. The minimum Gasteiger partial charge on any atom is -0.488 e. The number of amides is 2. The van der Waals surface area contributed by atoms with Gasteiger partial charge in [0.05, 0.1) is 12.1 Å². The van der Waals surface area contributed by atoms with Crippen LogP contribution >= 0.6 is 11.3 Å². The molecule has 8 heteroatoms. The lowest BCUT2D eigenvalue weighted by molar-refractivity contribution is -0.135. The van der Waals surface area contributed by atoms with E-state index in [1.165, 1.54) is 10.9 Å². The molecule has 0 aliphatic carbocycles. The van der Waals surface area contributed by atoms with Gasteiger partial charge >= 0.3 is 0 Å². The number of nitrogens with zero attached hydrogens (tertiary/aromatic N) is 2. The van der Waals surface area contributed by atoms with Crippen molar-refractivity contribution >= 4 is 23.2 Å². The quantitative estimate of drug-likeness (QED) is 0.417. The smallest absolute Gasteiger partial charge is 0.254 e. The lowest BCUT2D eigenvalue weighted by Crippen LogP contribution is -2.49. The van der Waals surface area contributed by atoms with E-state index in [1.807, 2.05) is 30.5 Å². The summed E-state index contributed by atoms with van der Waals surface area (Å²) in [7, 11) is 0. The molecule has 5 rings (SSSR count). The van der Waals surface area contributed by atoms with Crippen LogP contribution in [0.2, 0.25) is 0 Å². The number of fused-ring (bicyclic) bond motifs is 1. The highest BCUT2D eigenvalue weighted by atomic mass is 32.1. The number of thiophene rings is 1. The molecule has 2 amide bonds. The molecule has 0 radical (unpaired) electrons. The van der Waals surface area contributed by atoms with E-state index in [4.69, 9.17) is 9.47 Å². The van der Waals surface area contributed by atoms with Crippen molar-refractivity contribution < 1.29 is 23.5 Å². The van der Waals surface area contributed by atoms with Crippen LogP contribution < -0.4 is 4.74 Å². The maximum absolute atomic E-state index is 14.2. The molecule has 1 saturated heterocycles. The van der Waals surface area contributed by atoms with Gasteiger partial charge in [-0.15, -0.1) is 11.3 Å². The van der Waals surface area contributed by atoms with Crippen LogP contribution in [0.15, 0.2) is 60.0 Å². The van der Waals surface area contributed by atoms with Crippen LogP contribution in [0, 0.1) is 12.7 Å². The van der Waals surface area contributed by atoms with Gasteiger partial charge in [-0.25, -0.2) is 4.39 Å². The number of rotatable bonds is 8. The van der Waals surface area contributed by atoms with Gasteiger partial charge in [0.2, 0.25) is 5.91 Å². The first kappa shape index (κ1) is 25.4. The summed E-state index contributed by atoms with van der Waals surface area (Å²) >= 11 is 1.66. The van der Waals surface area contributed by atoms with Gasteiger partial charge in [-0.2, -0.15) is 0 Å². The molecule has 2 aliphatic rings. The molecule has 6 nitrogen and oxygen atoms in total. The number of benzene rings is 2. The number of hydrogen-bond donors (Lipinski definition) is 0. The van der Waals surface area contributed by atoms with E-state index >= 15 is 0 Å². The van der Waals surface area contributed by atoms with Crippen molar-refractivity contribution in [3.63, 3.8) is 0 Å². The summed E-state index contributed by atoms with van der Waals surface area (Å²) in [5.41, 5.74) is 2.64. The van der Waals surface area contributed by atoms with E-state index < -0.39 is 5.82 Å². The number of halogens is 1. The molecule has 3 aromatic rings. The number of hydrogen-bond acceptors (Lipinski definition) is 5. The molecule has 0 bridgehead atoms. The number of ether oxygens (including phenoxy) is 2. The van der Waals surface area contributed by atoms with Gasteiger partial charge in [0.25, 0.3) is 5.91 Å². The second kappa shape index (κ2) is 11.4. The van der Waals surface area contributed by atoms with Gasteiger partial charge in [0.1, 0.15) is 13.2 Å². The van der Waals surface area contributed by atoms with Crippen molar-refractivity contribution in [1.82, 2.24) is 9.80 Å². The zero-order valence-corrected chi connectivity index (χ0v) is 21.7. The summed E-state index contributed by atoms with van der Waals surface area (Å²) in [5.74, 6) is -0.617. The summed E-state index contributed by atoms with van der Waals surface area (Å²) in [6.45, 7) is 3.61. The van der Waals surface area contributed by atoms with E-state index in [0.717, 1.165) is 30.4 Å². The SMILES string of the molecule is Cc1ccc(C(=O)N(CC(=O)N2CCc3sccc3C2COc2ccccc2F)CC2CCCO2)cc1. The average molecular weight is 523 g/mol. The molecule has 3 heterocycles. The van der Waals surface area contributed by atoms with Gasteiger partial charge in [-0.3, -0.25) is 9.59 Å². The van der Waals surface area contributed by atoms with Crippen molar-refractivity contribution in [2.24, 2.45) is 0 Å². The van der Waals surface area contributed by atoms with Gasteiger partial charge in [-0.05, 0) is 67.5 Å². The number of aryl methyl sites for hydroxylation is 1. The molecule has 2 unspecified atom stereocenters. The Morgan fingerprint density at radius 3 is 2.73 bits per heavy atom. The Hall–Kier alpha value is -3.23. The maximum Gasteiger partial charge on any atom is 0.254 e. The summed E-state index contributed by atoms with van der Waals surface area (Å²) in [4.78, 5) is 31.8. The zero-order chi connectivity index (χ0) is 25.8. The van der Waals surface area contributed by atoms with Crippen LogP contribution in [0.25, 0.3) is 0 Å². The molecule has 37 heavy (non-hydrogen) atoms. The van der Waals surface area contributed by atoms with Gasteiger partial charge in [-0.1, -0.05) is 29.8 Å². The van der Waals surface area contributed by atoms with Crippen LogP contribution in [0.3, 0.4) is 0 Å². The Balaban J connectivity index is 1.36. The van der Waals surface area contributed by atoms with Crippen LogP contribution in [-0.2, 0) is 16.0 Å². The van der Waals surface area contributed by atoms with Crippen LogP contribution in [0.5, 0.6) is 5.75 Å². The van der Waals surface area contributed by atoms with E-state index in [1.54, 1.807) is 51.5 Å². The molecule has 0 N–H and O–H groups in total. The Bertz CT molecular complexity index is 1240. The lowest BCUT2D eigenvalue weighted by atomic mass is 10.00. The zero-order valence-electron chi connectivity index (χ0n) is 20.9. The Morgan fingerprint density at radius 2 is 1.97 bits per heavy atom. The summed E-state index contributed by atoms with van der Waals surface area (Å²) in [5, 5.41) is 2.01. The van der Waals surface area contributed by atoms with E-state index in [0.29, 0.717) is 25.3 Å². The third kappa shape index (κ3) is 5.86. The largest absolute Gasteiger partial charge is 0.488 e. The average Bonchev–Trinajstić information content (AvgIpc) is 3.60.